The van der Waals surface area contributed by atoms with Gasteiger partial charge in [-0.2, -0.15) is 5.10 Å². The summed E-state index contributed by atoms with van der Waals surface area (Å²) in [5, 5.41) is 17.1. The predicted octanol–water partition coefficient (Wildman–Crippen LogP) is 1.87. The van der Waals surface area contributed by atoms with E-state index in [0.717, 1.165) is 12.1 Å². The van der Waals surface area contributed by atoms with Gasteiger partial charge in [0.05, 0.1) is 12.6 Å². The molecule has 0 saturated carbocycles. The largest absolute Gasteiger partial charge is 0.387 e. The van der Waals surface area contributed by atoms with Gasteiger partial charge in [0, 0.05) is 36.6 Å². The fourth-order valence-corrected chi connectivity index (χ4v) is 1.95. The first-order valence-electron chi connectivity index (χ1n) is 6.40. The summed E-state index contributed by atoms with van der Waals surface area (Å²) in [6, 6.07) is 5.05. The van der Waals surface area contributed by atoms with Gasteiger partial charge in [0.15, 0.2) is 0 Å². The highest BCUT2D eigenvalue weighted by Crippen LogP contribution is 2.17. The van der Waals surface area contributed by atoms with Gasteiger partial charge in [-0.05, 0) is 19.1 Å². The molecule has 0 amide bonds. The highest BCUT2D eigenvalue weighted by molar-refractivity contribution is 5.21. The molecule has 1 aromatic carbocycles. The molecule has 6 heteroatoms. The van der Waals surface area contributed by atoms with E-state index < -0.39 is 17.7 Å². The van der Waals surface area contributed by atoms with Crippen LogP contribution in [0, 0.1) is 11.6 Å². The summed E-state index contributed by atoms with van der Waals surface area (Å²) in [5.74, 6) is -1.39. The number of nitrogens with one attached hydrogen (secondary N) is 1. The quantitative estimate of drug-likeness (QED) is 0.850. The lowest BCUT2D eigenvalue weighted by Gasteiger charge is -2.18. The molecule has 0 spiro atoms. The van der Waals surface area contributed by atoms with Gasteiger partial charge in [-0.15, -0.1) is 0 Å². The number of rotatable bonds is 6. The third-order valence-electron chi connectivity index (χ3n) is 3.00. The third-order valence-corrected chi connectivity index (χ3v) is 3.00. The maximum atomic E-state index is 13.5. The van der Waals surface area contributed by atoms with Crippen LogP contribution >= 0.6 is 0 Å². The summed E-state index contributed by atoms with van der Waals surface area (Å²) in [5.41, 5.74) is 0.0881. The predicted molar refractivity (Wildman–Crippen MR) is 71.0 cm³/mol. The SMILES string of the molecule is CC(Cn1cccn1)NCC(O)c1ccc(F)cc1F. The number of hydrogen-bond donors (Lipinski definition) is 2. The van der Waals surface area contributed by atoms with Crippen molar-refractivity contribution < 1.29 is 13.9 Å². The maximum Gasteiger partial charge on any atom is 0.131 e. The molecule has 2 atom stereocenters. The molecule has 2 rings (SSSR count). The van der Waals surface area contributed by atoms with Crippen LogP contribution in [0.2, 0.25) is 0 Å². The number of halogens is 2. The topological polar surface area (TPSA) is 50.1 Å². The fourth-order valence-electron chi connectivity index (χ4n) is 1.95. The second-order valence-electron chi connectivity index (χ2n) is 4.72. The summed E-state index contributed by atoms with van der Waals surface area (Å²) in [6.45, 7) is 2.77. The van der Waals surface area contributed by atoms with E-state index in [1.54, 1.807) is 10.9 Å². The van der Waals surface area contributed by atoms with Gasteiger partial charge < -0.3 is 10.4 Å². The minimum absolute atomic E-state index is 0.0630. The summed E-state index contributed by atoms with van der Waals surface area (Å²) in [6.07, 6.45) is 2.51. The Kier molecular flexibility index (Phi) is 4.81. The number of aromatic nitrogens is 2. The van der Waals surface area contributed by atoms with Gasteiger partial charge in [0.1, 0.15) is 11.6 Å². The zero-order chi connectivity index (χ0) is 14.5. The lowest BCUT2D eigenvalue weighted by molar-refractivity contribution is 0.164. The van der Waals surface area contributed by atoms with Gasteiger partial charge in [-0.25, -0.2) is 8.78 Å². The first-order valence-corrected chi connectivity index (χ1v) is 6.40. The Morgan fingerprint density at radius 2 is 2.20 bits per heavy atom. The van der Waals surface area contributed by atoms with Gasteiger partial charge in [-0.3, -0.25) is 4.68 Å². The van der Waals surface area contributed by atoms with Crippen LogP contribution in [0.15, 0.2) is 36.7 Å². The number of benzene rings is 1. The molecule has 4 nitrogen and oxygen atoms in total. The van der Waals surface area contributed by atoms with Gasteiger partial charge in [0.2, 0.25) is 0 Å². The molecule has 0 bridgehead atoms. The molecule has 1 aromatic heterocycles. The molecule has 1 heterocycles. The Labute approximate surface area is 116 Å². The van der Waals surface area contributed by atoms with Gasteiger partial charge in [0.25, 0.3) is 0 Å². The van der Waals surface area contributed by atoms with Crippen LogP contribution in [0.5, 0.6) is 0 Å². The minimum Gasteiger partial charge on any atom is -0.387 e. The molecule has 2 unspecified atom stereocenters. The number of hydrogen-bond acceptors (Lipinski definition) is 3. The molecular weight excluding hydrogens is 264 g/mol. The van der Waals surface area contributed by atoms with Crippen molar-refractivity contribution in [3.8, 4) is 0 Å². The van der Waals surface area contributed by atoms with Gasteiger partial charge in [-0.1, -0.05) is 6.07 Å². The van der Waals surface area contributed by atoms with Crippen LogP contribution in [0.3, 0.4) is 0 Å². The Bertz CT molecular complexity index is 545. The highest BCUT2D eigenvalue weighted by Gasteiger charge is 2.14. The Balaban J connectivity index is 1.86. The zero-order valence-electron chi connectivity index (χ0n) is 11.1. The first kappa shape index (κ1) is 14.6. The van der Waals surface area contributed by atoms with E-state index >= 15 is 0 Å². The van der Waals surface area contributed by atoms with Crippen molar-refractivity contribution >= 4 is 0 Å². The van der Waals surface area contributed by atoms with Crippen LogP contribution in [0.25, 0.3) is 0 Å². The van der Waals surface area contributed by atoms with E-state index in [9.17, 15) is 13.9 Å². The van der Waals surface area contributed by atoms with Crippen molar-refractivity contribution in [2.45, 2.75) is 25.6 Å². The van der Waals surface area contributed by atoms with Crippen LogP contribution in [-0.4, -0.2) is 27.5 Å². The highest BCUT2D eigenvalue weighted by atomic mass is 19.1. The monoisotopic (exact) mass is 281 g/mol. The van der Waals surface area contributed by atoms with Crippen molar-refractivity contribution in [3.05, 3.63) is 53.9 Å². The van der Waals surface area contributed by atoms with E-state index in [1.807, 2.05) is 19.2 Å². The van der Waals surface area contributed by atoms with Gasteiger partial charge >= 0.3 is 0 Å². The van der Waals surface area contributed by atoms with Crippen LogP contribution < -0.4 is 5.32 Å². The standard InChI is InChI=1S/C14H17F2N3O/c1-10(9-19-6-2-5-18-19)17-8-14(20)12-4-3-11(15)7-13(12)16/h2-7,10,14,17,20H,8-9H2,1H3. The third kappa shape index (κ3) is 3.85. The van der Waals surface area contributed by atoms with Crippen molar-refractivity contribution in [2.24, 2.45) is 0 Å². The summed E-state index contributed by atoms with van der Waals surface area (Å²) < 4.78 is 28.0. The van der Waals surface area contributed by atoms with Crippen LogP contribution in [-0.2, 0) is 6.54 Å². The lowest BCUT2D eigenvalue weighted by Crippen LogP contribution is -2.34. The zero-order valence-corrected chi connectivity index (χ0v) is 11.1. The Morgan fingerprint density at radius 3 is 2.85 bits per heavy atom. The molecule has 0 fully saturated rings. The van der Waals surface area contributed by atoms with Crippen molar-refractivity contribution in [1.29, 1.82) is 0 Å². The number of aliphatic hydroxyl groups excluding tert-OH is 1. The average Bonchev–Trinajstić information content (AvgIpc) is 2.89. The lowest BCUT2D eigenvalue weighted by atomic mass is 10.1. The molecule has 108 valence electrons. The summed E-state index contributed by atoms with van der Waals surface area (Å²) >= 11 is 0. The molecule has 2 N–H and O–H groups in total. The van der Waals surface area contributed by atoms with Crippen molar-refractivity contribution in [3.63, 3.8) is 0 Å². The van der Waals surface area contributed by atoms with Crippen LogP contribution in [0.1, 0.15) is 18.6 Å². The molecule has 0 aliphatic heterocycles. The van der Waals surface area contributed by atoms with Crippen molar-refractivity contribution in [2.75, 3.05) is 6.54 Å². The van der Waals surface area contributed by atoms with E-state index in [1.165, 1.54) is 6.07 Å². The Hall–Kier alpha value is -1.79. The second kappa shape index (κ2) is 6.58. The fraction of sp³-hybridized carbons (Fsp3) is 0.357. The first-order chi connectivity index (χ1) is 9.56. The molecular formula is C14H17F2N3O. The van der Waals surface area contributed by atoms with E-state index in [0.29, 0.717) is 6.54 Å². The van der Waals surface area contributed by atoms with E-state index in [4.69, 9.17) is 0 Å². The smallest absolute Gasteiger partial charge is 0.131 e. The Morgan fingerprint density at radius 1 is 1.40 bits per heavy atom. The van der Waals surface area contributed by atoms with E-state index in [-0.39, 0.29) is 18.2 Å². The average molecular weight is 281 g/mol. The van der Waals surface area contributed by atoms with Crippen molar-refractivity contribution in [1.82, 2.24) is 15.1 Å². The minimum atomic E-state index is -1.02. The van der Waals surface area contributed by atoms with Crippen LogP contribution in [0.4, 0.5) is 8.78 Å². The number of nitrogens with zero attached hydrogens (tertiary/aromatic N) is 2. The molecule has 0 aliphatic carbocycles. The molecule has 20 heavy (non-hydrogen) atoms. The molecule has 0 radical (unpaired) electrons. The van der Waals surface area contributed by atoms with E-state index in [2.05, 4.69) is 10.4 Å². The molecule has 0 saturated heterocycles. The number of aliphatic hydroxyl groups is 1. The molecule has 0 aliphatic rings. The maximum absolute atomic E-state index is 13.5. The molecule has 2 aromatic rings. The normalized spacial score (nSPS) is 14.2. The summed E-state index contributed by atoms with van der Waals surface area (Å²) in [4.78, 5) is 0. The summed E-state index contributed by atoms with van der Waals surface area (Å²) in [7, 11) is 0. The second-order valence-corrected chi connectivity index (χ2v) is 4.72.